The third kappa shape index (κ3) is 1.74. The smallest absolute Gasteiger partial charge is 0.168 e. The number of hydrogen-bond donors (Lipinski definition) is 1. The molecule has 0 aromatic heterocycles. The molecule has 0 amide bonds. The van der Waals surface area contributed by atoms with E-state index in [0.29, 0.717) is 27.2 Å². The number of benzene rings is 1. The first-order chi connectivity index (χ1) is 8.59. The Hall–Kier alpha value is -0.730. The first-order valence-corrected chi connectivity index (χ1v) is 7.15. The van der Waals surface area contributed by atoms with E-state index in [1.807, 2.05) is 6.07 Å². The van der Waals surface area contributed by atoms with Crippen molar-refractivity contribution in [3.8, 4) is 0 Å². The lowest BCUT2D eigenvalue weighted by atomic mass is 9.88. The molecule has 2 aliphatic rings. The zero-order valence-corrected chi connectivity index (χ0v) is 11.5. The van der Waals surface area contributed by atoms with E-state index in [-0.39, 0.29) is 11.7 Å². The van der Waals surface area contributed by atoms with Gasteiger partial charge >= 0.3 is 0 Å². The van der Waals surface area contributed by atoms with Gasteiger partial charge in [-0.25, -0.2) is 0 Å². The standard InChI is InChI=1S/C14H15Cl2NO/c15-12-10(17)6-8-5-9(7-3-1-2-4-7)14(18)11(8)13(12)16/h6-7,9H,1-5,17H2. The van der Waals surface area contributed by atoms with Crippen LogP contribution in [0.15, 0.2) is 6.07 Å². The summed E-state index contributed by atoms with van der Waals surface area (Å²) in [6, 6.07) is 1.82. The van der Waals surface area contributed by atoms with Crippen LogP contribution in [0.4, 0.5) is 5.69 Å². The minimum Gasteiger partial charge on any atom is -0.397 e. The fraction of sp³-hybridized carbons (Fsp3) is 0.500. The third-order valence-electron chi connectivity index (χ3n) is 4.31. The average molecular weight is 284 g/mol. The van der Waals surface area contributed by atoms with E-state index in [0.717, 1.165) is 24.8 Å². The van der Waals surface area contributed by atoms with Gasteiger partial charge < -0.3 is 5.73 Å². The number of fused-ring (bicyclic) bond motifs is 1. The van der Waals surface area contributed by atoms with E-state index in [4.69, 9.17) is 28.9 Å². The summed E-state index contributed by atoms with van der Waals surface area (Å²) in [4.78, 5) is 12.5. The summed E-state index contributed by atoms with van der Waals surface area (Å²) in [7, 11) is 0. The summed E-state index contributed by atoms with van der Waals surface area (Å²) < 4.78 is 0. The molecule has 2 nitrogen and oxygen atoms in total. The van der Waals surface area contributed by atoms with Crippen molar-refractivity contribution in [3.63, 3.8) is 0 Å². The van der Waals surface area contributed by atoms with Gasteiger partial charge in [0, 0.05) is 11.5 Å². The van der Waals surface area contributed by atoms with E-state index < -0.39 is 0 Å². The van der Waals surface area contributed by atoms with Gasteiger partial charge in [-0.2, -0.15) is 0 Å². The zero-order valence-electron chi connectivity index (χ0n) is 10.0. The predicted molar refractivity (Wildman–Crippen MR) is 74.4 cm³/mol. The molecule has 0 aliphatic heterocycles. The summed E-state index contributed by atoms with van der Waals surface area (Å²) in [5.74, 6) is 0.780. The maximum atomic E-state index is 12.5. The zero-order chi connectivity index (χ0) is 12.9. The highest BCUT2D eigenvalue weighted by Gasteiger charge is 2.39. The molecule has 2 aliphatic carbocycles. The van der Waals surface area contributed by atoms with Crippen molar-refractivity contribution in [2.24, 2.45) is 11.8 Å². The van der Waals surface area contributed by atoms with Crippen molar-refractivity contribution in [3.05, 3.63) is 27.2 Å². The molecule has 0 spiro atoms. The van der Waals surface area contributed by atoms with Gasteiger partial charge in [-0.3, -0.25) is 4.79 Å². The Morgan fingerprint density at radius 1 is 1.17 bits per heavy atom. The molecule has 1 atom stereocenters. The molecular formula is C14H15Cl2NO. The van der Waals surface area contributed by atoms with Crippen molar-refractivity contribution in [2.45, 2.75) is 32.1 Å². The number of nitrogens with two attached hydrogens (primary N) is 1. The van der Waals surface area contributed by atoms with Crippen LogP contribution >= 0.6 is 23.2 Å². The van der Waals surface area contributed by atoms with Crippen LogP contribution in [0.1, 0.15) is 41.6 Å². The molecule has 0 saturated heterocycles. The second kappa shape index (κ2) is 4.43. The van der Waals surface area contributed by atoms with Crippen LogP contribution in [0.2, 0.25) is 10.0 Å². The first kappa shape index (κ1) is 12.3. The second-order valence-electron chi connectivity index (χ2n) is 5.35. The minimum atomic E-state index is 0.0952. The van der Waals surface area contributed by atoms with Crippen LogP contribution in [0.25, 0.3) is 0 Å². The summed E-state index contributed by atoms with van der Waals surface area (Å²) in [5, 5.41) is 0.660. The number of rotatable bonds is 1. The number of Topliss-reactive ketones (excluding diaryl/α,β-unsaturated/α-hetero) is 1. The van der Waals surface area contributed by atoms with Crippen molar-refractivity contribution in [1.29, 1.82) is 0 Å². The monoisotopic (exact) mass is 283 g/mol. The lowest BCUT2D eigenvalue weighted by Crippen LogP contribution is -2.18. The highest BCUT2D eigenvalue weighted by atomic mass is 35.5. The Bertz CT molecular complexity index is 521. The SMILES string of the molecule is Nc1cc2c(c(Cl)c1Cl)C(=O)C(C1CCCC1)C2. The minimum absolute atomic E-state index is 0.0952. The Morgan fingerprint density at radius 2 is 1.83 bits per heavy atom. The molecule has 4 heteroatoms. The Morgan fingerprint density at radius 3 is 2.50 bits per heavy atom. The van der Waals surface area contributed by atoms with Crippen LogP contribution in [0.5, 0.6) is 0 Å². The van der Waals surface area contributed by atoms with Crippen LogP contribution < -0.4 is 5.73 Å². The number of halogens is 2. The van der Waals surface area contributed by atoms with Gasteiger partial charge in [-0.1, -0.05) is 36.0 Å². The molecule has 1 fully saturated rings. The van der Waals surface area contributed by atoms with Gasteiger partial charge in [0.05, 0.1) is 15.7 Å². The number of carbonyl (C=O) groups is 1. The Kier molecular flexibility index (Phi) is 3.03. The van der Waals surface area contributed by atoms with Crippen LogP contribution in [0.3, 0.4) is 0 Å². The molecule has 1 aromatic carbocycles. The van der Waals surface area contributed by atoms with E-state index >= 15 is 0 Å². The fourth-order valence-corrected chi connectivity index (χ4v) is 3.86. The Balaban J connectivity index is 2.01. The van der Waals surface area contributed by atoms with Crippen LogP contribution in [0, 0.1) is 11.8 Å². The normalized spacial score (nSPS) is 23.7. The van der Waals surface area contributed by atoms with Gasteiger partial charge in [0.25, 0.3) is 0 Å². The van der Waals surface area contributed by atoms with Gasteiger partial charge in [-0.15, -0.1) is 0 Å². The lowest BCUT2D eigenvalue weighted by Gasteiger charge is -2.15. The molecule has 1 unspecified atom stereocenters. The summed E-state index contributed by atoms with van der Waals surface area (Å²) in [6.07, 6.45) is 5.57. The molecule has 0 bridgehead atoms. The number of anilines is 1. The molecule has 3 rings (SSSR count). The summed E-state index contributed by atoms with van der Waals surface area (Å²) in [5.41, 5.74) is 7.88. The molecular weight excluding hydrogens is 269 g/mol. The van der Waals surface area contributed by atoms with Crippen molar-refractivity contribution in [2.75, 3.05) is 5.73 Å². The largest absolute Gasteiger partial charge is 0.397 e. The maximum Gasteiger partial charge on any atom is 0.168 e. The van der Waals surface area contributed by atoms with Gasteiger partial charge in [0.1, 0.15) is 0 Å². The summed E-state index contributed by atoms with van der Waals surface area (Å²) in [6.45, 7) is 0. The fourth-order valence-electron chi connectivity index (χ4n) is 3.38. The highest BCUT2D eigenvalue weighted by Crippen LogP contribution is 2.44. The lowest BCUT2D eigenvalue weighted by molar-refractivity contribution is 0.0894. The van der Waals surface area contributed by atoms with Crippen molar-refractivity contribution >= 4 is 34.7 Å². The van der Waals surface area contributed by atoms with E-state index in [9.17, 15) is 4.79 Å². The number of nitrogen functional groups attached to an aromatic ring is 1. The predicted octanol–water partition coefficient (Wildman–Crippen LogP) is 4.12. The van der Waals surface area contributed by atoms with Gasteiger partial charge in [-0.05, 0) is 36.8 Å². The first-order valence-electron chi connectivity index (χ1n) is 6.40. The van der Waals surface area contributed by atoms with Gasteiger partial charge in [0.2, 0.25) is 0 Å². The van der Waals surface area contributed by atoms with E-state index in [1.165, 1.54) is 12.8 Å². The number of hydrogen-bond acceptors (Lipinski definition) is 2. The third-order valence-corrected chi connectivity index (χ3v) is 5.19. The van der Waals surface area contributed by atoms with Gasteiger partial charge in [0.15, 0.2) is 5.78 Å². The topological polar surface area (TPSA) is 43.1 Å². The highest BCUT2D eigenvalue weighted by molar-refractivity contribution is 6.45. The molecule has 1 saturated carbocycles. The maximum absolute atomic E-state index is 12.5. The van der Waals surface area contributed by atoms with Crippen molar-refractivity contribution < 1.29 is 4.79 Å². The van der Waals surface area contributed by atoms with E-state index in [1.54, 1.807) is 0 Å². The molecule has 0 radical (unpaired) electrons. The van der Waals surface area contributed by atoms with Crippen molar-refractivity contribution in [1.82, 2.24) is 0 Å². The number of ketones is 1. The number of carbonyl (C=O) groups excluding carboxylic acids is 1. The Labute approximate surface area is 116 Å². The molecule has 96 valence electrons. The molecule has 0 heterocycles. The molecule has 2 N–H and O–H groups in total. The quantitative estimate of drug-likeness (QED) is 0.788. The molecule has 1 aromatic rings. The summed E-state index contributed by atoms with van der Waals surface area (Å²) >= 11 is 12.2. The second-order valence-corrected chi connectivity index (χ2v) is 6.10. The van der Waals surface area contributed by atoms with Crippen LogP contribution in [-0.2, 0) is 6.42 Å². The molecule has 18 heavy (non-hydrogen) atoms. The van der Waals surface area contributed by atoms with Crippen LogP contribution in [-0.4, -0.2) is 5.78 Å². The van der Waals surface area contributed by atoms with E-state index in [2.05, 4.69) is 0 Å². The average Bonchev–Trinajstić information content (AvgIpc) is 2.94.